The number of morpholine rings is 1. The van der Waals surface area contributed by atoms with Gasteiger partial charge in [-0.05, 0) is 5.56 Å². The van der Waals surface area contributed by atoms with Crippen LogP contribution in [0.5, 0.6) is 0 Å². The first-order valence-corrected chi connectivity index (χ1v) is 8.20. The molecule has 2 aliphatic heterocycles. The predicted molar refractivity (Wildman–Crippen MR) is 92.9 cm³/mol. The monoisotopic (exact) mass is 339 g/mol. The molecule has 1 aromatic rings. The van der Waals surface area contributed by atoms with Crippen molar-refractivity contribution in [3.05, 3.63) is 35.9 Å². The number of piperazine rings is 1. The van der Waals surface area contributed by atoms with Crippen molar-refractivity contribution >= 4 is 18.3 Å². The maximum absolute atomic E-state index is 12.3. The third kappa shape index (κ3) is 4.91. The Bertz CT molecular complexity index is 480. The summed E-state index contributed by atoms with van der Waals surface area (Å²) in [6.45, 7) is 6.68. The Labute approximate surface area is 144 Å². The fourth-order valence-corrected chi connectivity index (χ4v) is 3.20. The van der Waals surface area contributed by atoms with E-state index in [1.807, 2.05) is 11.0 Å². The number of rotatable bonds is 4. The van der Waals surface area contributed by atoms with E-state index in [-0.39, 0.29) is 24.4 Å². The molecule has 2 saturated heterocycles. The highest BCUT2D eigenvalue weighted by Gasteiger charge is 2.25. The molecular weight excluding hydrogens is 314 g/mol. The van der Waals surface area contributed by atoms with Crippen molar-refractivity contribution in [3.8, 4) is 0 Å². The Balaban J connectivity index is 0.00000192. The molecule has 6 heteroatoms. The zero-order valence-electron chi connectivity index (χ0n) is 13.4. The van der Waals surface area contributed by atoms with Crippen LogP contribution in [-0.2, 0) is 9.53 Å². The number of carbonyl (C=O) groups is 1. The number of carbonyl (C=O) groups excluding carboxylic acids is 1. The molecule has 2 heterocycles. The Morgan fingerprint density at radius 3 is 2.65 bits per heavy atom. The van der Waals surface area contributed by atoms with E-state index in [1.165, 1.54) is 5.56 Å². The van der Waals surface area contributed by atoms with Crippen LogP contribution in [0.25, 0.3) is 0 Å². The van der Waals surface area contributed by atoms with Crippen LogP contribution in [0.1, 0.15) is 18.0 Å². The fraction of sp³-hybridized carbons (Fsp3) is 0.588. The van der Waals surface area contributed by atoms with Crippen LogP contribution in [0.2, 0.25) is 0 Å². The van der Waals surface area contributed by atoms with Gasteiger partial charge in [-0.3, -0.25) is 9.69 Å². The minimum atomic E-state index is 0. The van der Waals surface area contributed by atoms with Crippen molar-refractivity contribution in [3.63, 3.8) is 0 Å². The first-order chi connectivity index (χ1) is 10.8. The number of ether oxygens (including phenoxy) is 1. The van der Waals surface area contributed by atoms with Crippen molar-refractivity contribution < 1.29 is 9.53 Å². The first-order valence-electron chi connectivity index (χ1n) is 8.20. The Morgan fingerprint density at radius 2 is 1.91 bits per heavy atom. The van der Waals surface area contributed by atoms with E-state index in [0.717, 1.165) is 45.9 Å². The smallest absolute Gasteiger partial charge is 0.223 e. The van der Waals surface area contributed by atoms with Gasteiger partial charge in [0.25, 0.3) is 0 Å². The summed E-state index contributed by atoms with van der Waals surface area (Å²) >= 11 is 0. The zero-order chi connectivity index (χ0) is 15.2. The Morgan fingerprint density at radius 1 is 1.17 bits per heavy atom. The maximum Gasteiger partial charge on any atom is 0.223 e. The fourth-order valence-electron chi connectivity index (χ4n) is 3.20. The summed E-state index contributed by atoms with van der Waals surface area (Å²) in [4.78, 5) is 16.7. The molecule has 0 spiro atoms. The number of nitrogens with one attached hydrogen (secondary N) is 1. The predicted octanol–water partition coefficient (Wildman–Crippen LogP) is 1.30. The molecule has 1 unspecified atom stereocenters. The summed E-state index contributed by atoms with van der Waals surface area (Å²) in [6.07, 6.45) is 0.601. The highest BCUT2D eigenvalue weighted by atomic mass is 35.5. The second kappa shape index (κ2) is 9.23. The molecule has 0 saturated carbocycles. The van der Waals surface area contributed by atoms with E-state index in [0.29, 0.717) is 13.0 Å². The quantitative estimate of drug-likeness (QED) is 0.898. The SMILES string of the molecule is Cl.O=C(CCN1CCOCC1c1ccccc1)N1CCNCC1. The number of hydrogen-bond donors (Lipinski definition) is 1. The van der Waals surface area contributed by atoms with E-state index >= 15 is 0 Å². The van der Waals surface area contributed by atoms with Crippen molar-refractivity contribution in [2.45, 2.75) is 12.5 Å². The standard InChI is InChI=1S/C17H25N3O2.ClH/c21-17(20-10-7-18-8-11-20)6-9-19-12-13-22-14-16(19)15-4-2-1-3-5-15;/h1-5,16,18H,6-14H2;1H. The molecule has 1 aromatic carbocycles. The molecule has 3 rings (SSSR count). The summed E-state index contributed by atoms with van der Waals surface area (Å²) in [7, 11) is 0. The van der Waals surface area contributed by atoms with Gasteiger partial charge in [-0.25, -0.2) is 0 Å². The molecule has 1 amide bonds. The van der Waals surface area contributed by atoms with Crippen LogP contribution in [0.4, 0.5) is 0 Å². The Kier molecular flexibility index (Phi) is 7.30. The molecular formula is C17H26ClN3O2. The van der Waals surface area contributed by atoms with Gasteiger partial charge < -0.3 is 15.0 Å². The highest BCUT2D eigenvalue weighted by molar-refractivity contribution is 5.85. The van der Waals surface area contributed by atoms with Gasteiger partial charge in [0.05, 0.1) is 19.3 Å². The van der Waals surface area contributed by atoms with Crippen LogP contribution in [0.15, 0.2) is 30.3 Å². The minimum absolute atomic E-state index is 0. The van der Waals surface area contributed by atoms with Gasteiger partial charge in [-0.2, -0.15) is 0 Å². The Hall–Kier alpha value is -1.14. The lowest BCUT2D eigenvalue weighted by Crippen LogP contribution is -2.47. The third-order valence-corrected chi connectivity index (χ3v) is 4.51. The second-order valence-electron chi connectivity index (χ2n) is 5.92. The van der Waals surface area contributed by atoms with Gasteiger partial charge in [0, 0.05) is 45.7 Å². The highest BCUT2D eigenvalue weighted by Crippen LogP contribution is 2.24. The maximum atomic E-state index is 12.3. The number of halogens is 1. The van der Waals surface area contributed by atoms with E-state index in [9.17, 15) is 4.79 Å². The summed E-state index contributed by atoms with van der Waals surface area (Å²) < 4.78 is 5.64. The summed E-state index contributed by atoms with van der Waals surface area (Å²) in [5.41, 5.74) is 1.27. The molecule has 5 nitrogen and oxygen atoms in total. The molecule has 0 aromatic heterocycles. The van der Waals surface area contributed by atoms with Crippen LogP contribution >= 0.6 is 12.4 Å². The largest absolute Gasteiger partial charge is 0.378 e. The number of hydrogen-bond acceptors (Lipinski definition) is 4. The van der Waals surface area contributed by atoms with Gasteiger partial charge in [-0.1, -0.05) is 30.3 Å². The van der Waals surface area contributed by atoms with Gasteiger partial charge in [0.1, 0.15) is 0 Å². The third-order valence-electron chi connectivity index (χ3n) is 4.51. The van der Waals surface area contributed by atoms with Crippen molar-refractivity contribution in [1.82, 2.24) is 15.1 Å². The average molecular weight is 340 g/mol. The number of amides is 1. The van der Waals surface area contributed by atoms with Crippen molar-refractivity contribution in [1.29, 1.82) is 0 Å². The minimum Gasteiger partial charge on any atom is -0.378 e. The van der Waals surface area contributed by atoms with E-state index < -0.39 is 0 Å². The van der Waals surface area contributed by atoms with Gasteiger partial charge in [-0.15, -0.1) is 12.4 Å². The second-order valence-corrected chi connectivity index (χ2v) is 5.92. The normalized spacial score (nSPS) is 22.4. The van der Waals surface area contributed by atoms with Crippen molar-refractivity contribution in [2.24, 2.45) is 0 Å². The molecule has 2 fully saturated rings. The van der Waals surface area contributed by atoms with Crippen LogP contribution < -0.4 is 5.32 Å². The molecule has 0 bridgehead atoms. The van der Waals surface area contributed by atoms with Gasteiger partial charge in [0.2, 0.25) is 5.91 Å². The summed E-state index contributed by atoms with van der Waals surface area (Å²) in [5, 5.41) is 3.28. The van der Waals surface area contributed by atoms with Gasteiger partial charge in [0.15, 0.2) is 0 Å². The topological polar surface area (TPSA) is 44.8 Å². The first kappa shape index (κ1) is 18.2. The molecule has 1 atom stereocenters. The molecule has 2 aliphatic rings. The number of benzene rings is 1. The van der Waals surface area contributed by atoms with Crippen LogP contribution in [0.3, 0.4) is 0 Å². The molecule has 128 valence electrons. The lowest BCUT2D eigenvalue weighted by molar-refractivity contribution is -0.132. The molecule has 0 radical (unpaired) electrons. The summed E-state index contributed by atoms with van der Waals surface area (Å²) in [5.74, 6) is 0.278. The van der Waals surface area contributed by atoms with Crippen molar-refractivity contribution in [2.75, 3.05) is 52.5 Å². The average Bonchev–Trinajstić information content (AvgIpc) is 2.61. The van der Waals surface area contributed by atoms with Crippen LogP contribution in [0, 0.1) is 0 Å². The lowest BCUT2D eigenvalue weighted by atomic mass is 10.0. The molecule has 0 aliphatic carbocycles. The van der Waals surface area contributed by atoms with E-state index in [1.54, 1.807) is 0 Å². The molecule has 23 heavy (non-hydrogen) atoms. The van der Waals surface area contributed by atoms with Gasteiger partial charge >= 0.3 is 0 Å². The lowest BCUT2D eigenvalue weighted by Gasteiger charge is -2.36. The zero-order valence-corrected chi connectivity index (χ0v) is 14.3. The van der Waals surface area contributed by atoms with E-state index in [2.05, 4.69) is 34.5 Å². The summed E-state index contributed by atoms with van der Waals surface area (Å²) in [6, 6.07) is 10.7. The van der Waals surface area contributed by atoms with Crippen LogP contribution in [-0.4, -0.2) is 68.2 Å². The molecule has 1 N–H and O–H groups in total. The van der Waals surface area contributed by atoms with E-state index in [4.69, 9.17) is 4.74 Å². The number of nitrogens with zero attached hydrogens (tertiary/aromatic N) is 2.